The topological polar surface area (TPSA) is 52.7 Å². The number of hydrogen-bond acceptors (Lipinski definition) is 3. The Morgan fingerprint density at radius 2 is 1.92 bits per heavy atom. The first-order valence-electron chi connectivity index (χ1n) is 9.07. The van der Waals surface area contributed by atoms with Crippen LogP contribution in [0.15, 0.2) is 36.4 Å². The molecule has 0 radical (unpaired) electrons. The zero-order valence-electron chi connectivity index (χ0n) is 14.9. The zero-order chi connectivity index (χ0) is 17.7. The second kappa shape index (κ2) is 7.83. The maximum absolute atomic E-state index is 12.8. The molecule has 2 amide bonds. The Balaban J connectivity index is 1.46. The van der Waals surface area contributed by atoms with Crippen LogP contribution in [0.4, 0.5) is 0 Å². The molecule has 2 heterocycles. The van der Waals surface area contributed by atoms with E-state index in [0.29, 0.717) is 19.4 Å². The van der Waals surface area contributed by atoms with Crippen molar-refractivity contribution in [2.24, 2.45) is 5.41 Å². The van der Waals surface area contributed by atoms with Crippen LogP contribution in [0.1, 0.15) is 25.3 Å². The molecule has 1 N–H and O–H groups in total. The molecular weight excluding hydrogens is 314 g/mol. The monoisotopic (exact) mass is 341 g/mol. The third kappa shape index (κ3) is 4.48. The Hall–Kier alpha value is -2.14. The largest absolute Gasteiger partial charge is 0.355 e. The summed E-state index contributed by atoms with van der Waals surface area (Å²) >= 11 is 0. The van der Waals surface area contributed by atoms with Crippen LogP contribution in [0.25, 0.3) is 6.08 Å². The molecule has 25 heavy (non-hydrogen) atoms. The first kappa shape index (κ1) is 17.7. The van der Waals surface area contributed by atoms with Crippen molar-refractivity contribution in [3.05, 3.63) is 42.0 Å². The van der Waals surface area contributed by atoms with Gasteiger partial charge in [-0.3, -0.25) is 14.5 Å². The summed E-state index contributed by atoms with van der Waals surface area (Å²) in [5.74, 6) is 0.243. The quantitative estimate of drug-likeness (QED) is 0.908. The highest BCUT2D eigenvalue weighted by Crippen LogP contribution is 2.28. The summed E-state index contributed by atoms with van der Waals surface area (Å²) in [6.45, 7) is 6.67. The van der Waals surface area contributed by atoms with Crippen molar-refractivity contribution >= 4 is 17.9 Å². The molecule has 1 atom stereocenters. The summed E-state index contributed by atoms with van der Waals surface area (Å²) in [4.78, 5) is 28.5. The minimum atomic E-state index is -0.441. The van der Waals surface area contributed by atoms with Crippen LogP contribution in [0.5, 0.6) is 0 Å². The molecule has 1 aromatic rings. The molecule has 2 fully saturated rings. The Kier molecular flexibility index (Phi) is 5.53. The van der Waals surface area contributed by atoms with E-state index in [1.165, 1.54) is 5.56 Å². The molecule has 3 rings (SSSR count). The normalized spacial score (nSPS) is 25.2. The molecule has 2 aliphatic rings. The first-order chi connectivity index (χ1) is 12.1. The molecule has 1 unspecified atom stereocenters. The molecule has 0 aliphatic carbocycles. The van der Waals surface area contributed by atoms with Gasteiger partial charge in [0.2, 0.25) is 11.8 Å². The van der Waals surface area contributed by atoms with Crippen molar-refractivity contribution < 1.29 is 9.59 Å². The molecule has 2 saturated heterocycles. The number of benzene rings is 1. The third-order valence-corrected chi connectivity index (χ3v) is 5.23. The second-order valence-electron chi connectivity index (χ2n) is 7.24. The summed E-state index contributed by atoms with van der Waals surface area (Å²) in [5.41, 5.74) is 0.770. The number of piperidine rings is 1. The molecule has 134 valence electrons. The molecule has 2 aliphatic heterocycles. The molecule has 0 aromatic heterocycles. The third-order valence-electron chi connectivity index (χ3n) is 5.23. The maximum atomic E-state index is 12.8. The van der Waals surface area contributed by atoms with Crippen molar-refractivity contribution in [1.82, 2.24) is 15.1 Å². The Labute approximate surface area is 149 Å². The highest BCUT2D eigenvalue weighted by atomic mass is 16.2. The van der Waals surface area contributed by atoms with Crippen molar-refractivity contribution in [2.45, 2.75) is 19.8 Å². The van der Waals surface area contributed by atoms with Gasteiger partial charge in [-0.15, -0.1) is 0 Å². The average Bonchev–Trinajstić information content (AvgIpc) is 2.65. The zero-order valence-corrected chi connectivity index (χ0v) is 14.9. The van der Waals surface area contributed by atoms with Crippen molar-refractivity contribution in [3.8, 4) is 0 Å². The fourth-order valence-electron chi connectivity index (χ4n) is 3.46. The van der Waals surface area contributed by atoms with E-state index in [1.807, 2.05) is 30.0 Å². The number of hydrogen-bond donors (Lipinski definition) is 1. The molecule has 0 saturated carbocycles. The van der Waals surface area contributed by atoms with Crippen LogP contribution >= 0.6 is 0 Å². The standard InChI is InChI=1S/C20H27N3O2/c1-20(10-9-18(24)21-16-20)19(25)23-14-12-22(13-15-23)11-5-8-17-6-3-2-4-7-17/h2-8H,9-16H2,1H3,(H,21,24). The number of carbonyl (C=O) groups excluding carboxylic acids is 2. The molecule has 0 spiro atoms. The highest BCUT2D eigenvalue weighted by Gasteiger charge is 2.40. The lowest BCUT2D eigenvalue weighted by atomic mass is 9.81. The number of piperazine rings is 1. The van der Waals surface area contributed by atoms with Crippen LogP contribution < -0.4 is 5.32 Å². The van der Waals surface area contributed by atoms with E-state index in [0.717, 1.165) is 32.7 Å². The minimum Gasteiger partial charge on any atom is -0.355 e. The van der Waals surface area contributed by atoms with E-state index in [2.05, 4.69) is 34.5 Å². The van der Waals surface area contributed by atoms with Gasteiger partial charge in [-0.05, 0) is 18.9 Å². The summed E-state index contributed by atoms with van der Waals surface area (Å²) in [6.07, 6.45) is 5.43. The molecular formula is C20H27N3O2. The Morgan fingerprint density at radius 1 is 1.20 bits per heavy atom. The number of carbonyl (C=O) groups is 2. The predicted molar refractivity (Wildman–Crippen MR) is 98.8 cm³/mol. The van der Waals surface area contributed by atoms with Crippen LogP contribution in [-0.2, 0) is 9.59 Å². The fraction of sp³-hybridized carbons (Fsp3) is 0.500. The van der Waals surface area contributed by atoms with Gasteiger partial charge in [-0.25, -0.2) is 0 Å². The van der Waals surface area contributed by atoms with Gasteiger partial charge in [0.05, 0.1) is 5.41 Å². The van der Waals surface area contributed by atoms with Crippen LogP contribution in [-0.4, -0.2) is 60.9 Å². The van der Waals surface area contributed by atoms with E-state index < -0.39 is 5.41 Å². The lowest BCUT2D eigenvalue weighted by Crippen LogP contribution is -2.56. The lowest BCUT2D eigenvalue weighted by molar-refractivity contribution is -0.145. The van der Waals surface area contributed by atoms with Crippen molar-refractivity contribution in [3.63, 3.8) is 0 Å². The fourth-order valence-corrected chi connectivity index (χ4v) is 3.46. The van der Waals surface area contributed by atoms with Gasteiger partial charge in [0.25, 0.3) is 0 Å². The van der Waals surface area contributed by atoms with E-state index in [4.69, 9.17) is 0 Å². The van der Waals surface area contributed by atoms with Crippen LogP contribution in [0.3, 0.4) is 0 Å². The number of nitrogens with one attached hydrogen (secondary N) is 1. The van der Waals surface area contributed by atoms with Crippen LogP contribution in [0, 0.1) is 5.41 Å². The van der Waals surface area contributed by atoms with Gasteiger partial charge in [0, 0.05) is 45.7 Å². The van der Waals surface area contributed by atoms with Gasteiger partial charge in [-0.1, -0.05) is 42.5 Å². The summed E-state index contributed by atoms with van der Waals surface area (Å²) < 4.78 is 0. The van der Waals surface area contributed by atoms with Gasteiger partial charge >= 0.3 is 0 Å². The summed E-state index contributed by atoms with van der Waals surface area (Å²) in [5, 5.41) is 2.84. The minimum absolute atomic E-state index is 0.0558. The van der Waals surface area contributed by atoms with Gasteiger partial charge < -0.3 is 10.2 Å². The predicted octanol–water partition coefficient (Wildman–Crippen LogP) is 1.76. The van der Waals surface area contributed by atoms with Gasteiger partial charge in [0.15, 0.2) is 0 Å². The molecule has 5 heteroatoms. The van der Waals surface area contributed by atoms with Crippen LogP contribution in [0.2, 0.25) is 0 Å². The van der Waals surface area contributed by atoms with E-state index in [9.17, 15) is 9.59 Å². The number of nitrogens with zero attached hydrogens (tertiary/aromatic N) is 2. The second-order valence-corrected chi connectivity index (χ2v) is 7.24. The lowest BCUT2D eigenvalue weighted by Gasteiger charge is -2.41. The number of amides is 2. The Bertz CT molecular complexity index is 624. The van der Waals surface area contributed by atoms with Crippen molar-refractivity contribution in [1.29, 1.82) is 0 Å². The van der Waals surface area contributed by atoms with Crippen molar-refractivity contribution in [2.75, 3.05) is 39.3 Å². The number of rotatable bonds is 4. The van der Waals surface area contributed by atoms with E-state index in [-0.39, 0.29) is 11.8 Å². The molecule has 0 bridgehead atoms. The van der Waals surface area contributed by atoms with Gasteiger partial charge in [0.1, 0.15) is 0 Å². The summed E-state index contributed by atoms with van der Waals surface area (Å²) in [6, 6.07) is 10.3. The van der Waals surface area contributed by atoms with Gasteiger partial charge in [-0.2, -0.15) is 0 Å². The maximum Gasteiger partial charge on any atom is 0.230 e. The molecule has 5 nitrogen and oxygen atoms in total. The first-order valence-corrected chi connectivity index (χ1v) is 9.07. The Morgan fingerprint density at radius 3 is 2.56 bits per heavy atom. The smallest absolute Gasteiger partial charge is 0.230 e. The van der Waals surface area contributed by atoms with E-state index in [1.54, 1.807) is 0 Å². The SMILES string of the molecule is CC1(C(=O)N2CCN(CC=Cc3ccccc3)CC2)CCC(=O)NC1. The molecule has 1 aromatic carbocycles. The average molecular weight is 341 g/mol. The summed E-state index contributed by atoms with van der Waals surface area (Å²) in [7, 11) is 0. The van der Waals surface area contributed by atoms with E-state index >= 15 is 0 Å². The highest BCUT2D eigenvalue weighted by molar-refractivity contribution is 5.86.